The number of carbonyl (C=O) groups is 1. The van der Waals surface area contributed by atoms with E-state index in [1.165, 1.54) is 6.33 Å². The highest BCUT2D eigenvalue weighted by Crippen LogP contribution is 2.32. The van der Waals surface area contributed by atoms with Crippen LogP contribution in [0.15, 0.2) is 24.7 Å². The van der Waals surface area contributed by atoms with Crippen molar-refractivity contribution in [3.05, 3.63) is 30.2 Å². The zero-order valence-electron chi connectivity index (χ0n) is 11.5. The highest BCUT2D eigenvalue weighted by atomic mass is 16.4. The zero-order chi connectivity index (χ0) is 14.8. The number of nitrogens with zero attached hydrogens (tertiary/aromatic N) is 3. The summed E-state index contributed by atoms with van der Waals surface area (Å²) < 4.78 is 0. The summed E-state index contributed by atoms with van der Waals surface area (Å²) in [4.78, 5) is 23.9. The second kappa shape index (κ2) is 5.35. The molecule has 7 nitrogen and oxygen atoms in total. The Balaban J connectivity index is 2.07. The molecule has 0 saturated heterocycles. The molecule has 0 unspecified atom stereocenters. The normalized spacial score (nSPS) is 14.1. The summed E-state index contributed by atoms with van der Waals surface area (Å²) in [7, 11) is 0. The molecular weight excluding hydrogens is 270 g/mol. The van der Waals surface area contributed by atoms with Crippen LogP contribution in [0.3, 0.4) is 0 Å². The summed E-state index contributed by atoms with van der Waals surface area (Å²) in [6.45, 7) is 2.28. The van der Waals surface area contributed by atoms with E-state index in [4.69, 9.17) is 5.11 Å². The Morgan fingerprint density at radius 2 is 2.29 bits per heavy atom. The van der Waals surface area contributed by atoms with E-state index in [0.29, 0.717) is 18.8 Å². The van der Waals surface area contributed by atoms with Crippen LogP contribution in [0, 0.1) is 0 Å². The average Bonchev–Trinajstić information content (AvgIpc) is 2.67. The molecule has 1 aliphatic rings. The van der Waals surface area contributed by atoms with Gasteiger partial charge in [-0.25, -0.2) is 15.0 Å². The van der Waals surface area contributed by atoms with Gasteiger partial charge in [0.1, 0.15) is 24.0 Å². The first-order chi connectivity index (χ1) is 10.2. The van der Waals surface area contributed by atoms with E-state index in [2.05, 4.69) is 25.6 Å². The van der Waals surface area contributed by atoms with E-state index in [1.807, 2.05) is 12.1 Å². The third kappa shape index (κ3) is 2.49. The zero-order valence-corrected chi connectivity index (χ0v) is 11.5. The van der Waals surface area contributed by atoms with Crippen molar-refractivity contribution in [2.24, 2.45) is 0 Å². The van der Waals surface area contributed by atoms with Gasteiger partial charge in [-0.1, -0.05) is 0 Å². The lowest BCUT2D eigenvalue weighted by Crippen LogP contribution is -2.26. The minimum Gasteiger partial charge on any atom is -0.480 e. The number of aliphatic carboxylic acids is 1. The summed E-state index contributed by atoms with van der Waals surface area (Å²) in [5.74, 6) is 0.428. The Bertz CT molecular complexity index is 689. The molecule has 0 amide bonds. The second-order valence-corrected chi connectivity index (χ2v) is 4.83. The first-order valence-corrected chi connectivity index (χ1v) is 6.69. The highest BCUT2D eigenvalue weighted by Gasteiger charge is 2.21. The van der Waals surface area contributed by atoms with Gasteiger partial charge in [0.05, 0.1) is 5.69 Å². The van der Waals surface area contributed by atoms with Crippen LogP contribution in [0.2, 0.25) is 0 Å². The number of carboxylic acids is 1. The van der Waals surface area contributed by atoms with Crippen molar-refractivity contribution in [3.63, 3.8) is 0 Å². The van der Waals surface area contributed by atoms with Crippen molar-refractivity contribution in [1.29, 1.82) is 0 Å². The number of anilines is 2. The minimum absolute atomic E-state index is 0.563. The van der Waals surface area contributed by atoms with Crippen LogP contribution in [0.1, 0.15) is 12.5 Å². The van der Waals surface area contributed by atoms with Crippen LogP contribution in [0.25, 0.3) is 11.3 Å². The van der Waals surface area contributed by atoms with Gasteiger partial charge in [0.2, 0.25) is 0 Å². The molecular formula is C14H15N5O2. The fourth-order valence-corrected chi connectivity index (χ4v) is 2.32. The van der Waals surface area contributed by atoms with Gasteiger partial charge in [0, 0.05) is 23.9 Å². The molecule has 2 aromatic rings. The van der Waals surface area contributed by atoms with Crippen LogP contribution in [0.4, 0.5) is 11.6 Å². The van der Waals surface area contributed by atoms with Crippen molar-refractivity contribution in [2.45, 2.75) is 19.4 Å². The van der Waals surface area contributed by atoms with Gasteiger partial charge in [0.15, 0.2) is 0 Å². The Hall–Kier alpha value is -2.70. The maximum absolute atomic E-state index is 11.0. The molecule has 0 bridgehead atoms. The third-order valence-electron chi connectivity index (χ3n) is 3.40. The lowest BCUT2D eigenvalue weighted by Gasteiger charge is -2.15. The quantitative estimate of drug-likeness (QED) is 0.783. The molecule has 3 heterocycles. The molecule has 108 valence electrons. The van der Waals surface area contributed by atoms with Gasteiger partial charge >= 0.3 is 5.97 Å². The molecule has 1 aliphatic heterocycles. The Kier molecular flexibility index (Phi) is 3.39. The van der Waals surface area contributed by atoms with Crippen molar-refractivity contribution < 1.29 is 9.90 Å². The molecule has 0 saturated carbocycles. The van der Waals surface area contributed by atoms with Crippen LogP contribution < -0.4 is 10.6 Å². The van der Waals surface area contributed by atoms with Crippen molar-refractivity contribution >= 4 is 17.6 Å². The van der Waals surface area contributed by atoms with Crippen molar-refractivity contribution in [3.8, 4) is 11.3 Å². The summed E-state index contributed by atoms with van der Waals surface area (Å²) in [6, 6.07) is 3.08. The number of carboxylic acid groups (broad SMARTS) is 1. The van der Waals surface area contributed by atoms with Gasteiger partial charge in [-0.3, -0.25) is 4.79 Å². The van der Waals surface area contributed by atoms with E-state index < -0.39 is 12.0 Å². The molecule has 1 atom stereocenters. The van der Waals surface area contributed by atoms with Crippen LogP contribution in [0.5, 0.6) is 0 Å². The summed E-state index contributed by atoms with van der Waals surface area (Å²) in [6.07, 6.45) is 3.86. The predicted octanol–water partition coefficient (Wildman–Crippen LogP) is 1.39. The lowest BCUT2D eigenvalue weighted by atomic mass is 10.1. The number of nitrogens with one attached hydrogen (secondary N) is 2. The van der Waals surface area contributed by atoms with Crippen molar-refractivity contribution in [1.82, 2.24) is 15.0 Å². The lowest BCUT2D eigenvalue weighted by molar-refractivity contribution is -0.137. The van der Waals surface area contributed by atoms with Gasteiger partial charge in [0.25, 0.3) is 0 Å². The fraction of sp³-hybridized carbons (Fsp3) is 0.286. The van der Waals surface area contributed by atoms with Gasteiger partial charge in [-0.15, -0.1) is 0 Å². The minimum atomic E-state index is -0.920. The SMILES string of the molecule is C[C@H](Nc1ncnc2c1CCNc1ncccc1-2)C(=O)O. The fourth-order valence-electron chi connectivity index (χ4n) is 2.32. The molecule has 0 aliphatic carbocycles. The topological polar surface area (TPSA) is 100 Å². The molecule has 0 fully saturated rings. The van der Waals surface area contributed by atoms with Gasteiger partial charge in [-0.2, -0.15) is 0 Å². The molecule has 7 heteroatoms. The average molecular weight is 285 g/mol. The van der Waals surface area contributed by atoms with E-state index in [-0.39, 0.29) is 0 Å². The number of hydrogen-bond donors (Lipinski definition) is 3. The second-order valence-electron chi connectivity index (χ2n) is 4.83. The smallest absolute Gasteiger partial charge is 0.325 e. The van der Waals surface area contributed by atoms with E-state index in [0.717, 1.165) is 22.6 Å². The predicted molar refractivity (Wildman–Crippen MR) is 78.2 cm³/mol. The van der Waals surface area contributed by atoms with Crippen molar-refractivity contribution in [2.75, 3.05) is 17.2 Å². The van der Waals surface area contributed by atoms with Crippen LogP contribution in [-0.4, -0.2) is 38.6 Å². The number of hydrogen-bond acceptors (Lipinski definition) is 6. The highest BCUT2D eigenvalue weighted by molar-refractivity contribution is 5.81. The number of aromatic nitrogens is 3. The monoisotopic (exact) mass is 285 g/mol. The molecule has 3 rings (SSSR count). The largest absolute Gasteiger partial charge is 0.480 e. The van der Waals surface area contributed by atoms with E-state index in [1.54, 1.807) is 13.1 Å². The molecule has 0 radical (unpaired) electrons. The van der Waals surface area contributed by atoms with Crippen LogP contribution in [-0.2, 0) is 11.2 Å². The standard InChI is InChI=1S/C14H15N5O2/c1-8(14(20)21)19-13-10-4-6-16-12-9(3-2-5-15-12)11(10)17-7-18-13/h2-3,5,7-8H,4,6H2,1H3,(H,15,16)(H,20,21)(H,17,18,19)/t8-/m0/s1. The maximum atomic E-state index is 11.0. The van der Waals surface area contributed by atoms with Crippen LogP contribution >= 0.6 is 0 Å². The molecule has 0 aromatic carbocycles. The Morgan fingerprint density at radius 3 is 3.10 bits per heavy atom. The molecule has 21 heavy (non-hydrogen) atoms. The van der Waals surface area contributed by atoms with Gasteiger partial charge < -0.3 is 15.7 Å². The molecule has 0 spiro atoms. The summed E-state index contributed by atoms with van der Waals surface area (Å²) in [5, 5.41) is 15.2. The number of fused-ring (bicyclic) bond motifs is 3. The number of rotatable bonds is 3. The Morgan fingerprint density at radius 1 is 1.43 bits per heavy atom. The first kappa shape index (κ1) is 13.3. The maximum Gasteiger partial charge on any atom is 0.325 e. The Labute approximate surface area is 121 Å². The molecule has 3 N–H and O–H groups in total. The van der Waals surface area contributed by atoms with E-state index in [9.17, 15) is 4.79 Å². The first-order valence-electron chi connectivity index (χ1n) is 6.69. The van der Waals surface area contributed by atoms with E-state index >= 15 is 0 Å². The third-order valence-corrected chi connectivity index (χ3v) is 3.40. The van der Waals surface area contributed by atoms with Gasteiger partial charge in [-0.05, 0) is 25.5 Å². The summed E-state index contributed by atoms with van der Waals surface area (Å²) in [5.41, 5.74) is 2.60. The number of pyridine rings is 1. The molecule has 2 aromatic heterocycles. The summed E-state index contributed by atoms with van der Waals surface area (Å²) >= 11 is 0.